The molecular weight excluding hydrogens is 224 g/mol. The molecular formula is C12H15O5. The number of rotatable bonds is 2. The molecule has 1 aromatic carbocycles. The number of ether oxygens (including phenoxy) is 1. The lowest BCUT2D eigenvalue weighted by Crippen LogP contribution is -2.55. The van der Waals surface area contributed by atoms with E-state index in [2.05, 4.69) is 6.07 Å². The van der Waals surface area contributed by atoms with E-state index in [9.17, 15) is 15.3 Å². The van der Waals surface area contributed by atoms with Crippen LogP contribution in [0, 0.1) is 6.07 Å². The molecule has 1 saturated heterocycles. The van der Waals surface area contributed by atoms with Crippen molar-refractivity contribution in [3.63, 3.8) is 0 Å². The van der Waals surface area contributed by atoms with E-state index in [1.54, 1.807) is 24.3 Å². The van der Waals surface area contributed by atoms with Gasteiger partial charge in [-0.2, -0.15) is 0 Å². The van der Waals surface area contributed by atoms with E-state index in [0.717, 1.165) is 0 Å². The minimum atomic E-state index is -1.35. The van der Waals surface area contributed by atoms with E-state index in [1.165, 1.54) is 0 Å². The van der Waals surface area contributed by atoms with Gasteiger partial charge in [0.1, 0.15) is 30.5 Å². The molecule has 17 heavy (non-hydrogen) atoms. The molecule has 0 spiro atoms. The molecule has 0 saturated carbocycles. The third kappa shape index (κ3) is 2.34. The zero-order valence-electron chi connectivity index (χ0n) is 9.10. The molecule has 1 aliphatic heterocycles. The van der Waals surface area contributed by atoms with Crippen LogP contribution in [0.2, 0.25) is 0 Å². The summed E-state index contributed by atoms with van der Waals surface area (Å²) in [6.07, 6.45) is -5.60. The molecule has 2 rings (SSSR count). The molecule has 5 nitrogen and oxygen atoms in total. The molecule has 1 heterocycles. The Kier molecular flexibility index (Phi) is 3.76. The zero-order chi connectivity index (χ0) is 12.4. The Balaban J connectivity index is 2.23. The number of aliphatic hydroxyl groups is 4. The molecule has 4 N–H and O–H groups in total. The summed E-state index contributed by atoms with van der Waals surface area (Å²) < 4.78 is 5.38. The smallest absolute Gasteiger partial charge is 0.113 e. The number of hydrogen-bond acceptors (Lipinski definition) is 5. The summed E-state index contributed by atoms with van der Waals surface area (Å²) in [6, 6.07) is 9.78. The van der Waals surface area contributed by atoms with Crippen LogP contribution in [0.4, 0.5) is 0 Å². The fourth-order valence-corrected chi connectivity index (χ4v) is 1.94. The van der Waals surface area contributed by atoms with E-state index in [0.29, 0.717) is 5.56 Å². The normalized spacial score (nSPS) is 38.0. The summed E-state index contributed by atoms with van der Waals surface area (Å²) in [6.45, 7) is -0.422. The van der Waals surface area contributed by atoms with Crippen molar-refractivity contribution >= 4 is 0 Å². The predicted molar refractivity (Wildman–Crippen MR) is 58.0 cm³/mol. The van der Waals surface area contributed by atoms with E-state index in [1.807, 2.05) is 0 Å². The largest absolute Gasteiger partial charge is 0.394 e. The number of aliphatic hydroxyl groups excluding tert-OH is 4. The molecule has 0 unspecified atom stereocenters. The molecule has 5 atom stereocenters. The SMILES string of the molecule is OC[C@H]1O[C@H](c2[c]cccc2)[C@@H](O)[C@@H](O)[C@@H]1O. The lowest BCUT2D eigenvalue weighted by atomic mass is 9.91. The predicted octanol–water partition coefficient (Wildman–Crippen LogP) is -0.998. The van der Waals surface area contributed by atoms with Crippen molar-refractivity contribution in [3.8, 4) is 0 Å². The zero-order valence-corrected chi connectivity index (χ0v) is 9.10. The summed E-state index contributed by atoms with van der Waals surface area (Å²) in [7, 11) is 0. The van der Waals surface area contributed by atoms with Gasteiger partial charge in [-0.3, -0.25) is 0 Å². The van der Waals surface area contributed by atoms with Gasteiger partial charge in [0, 0.05) is 0 Å². The third-order valence-corrected chi connectivity index (χ3v) is 2.93. The molecule has 0 amide bonds. The monoisotopic (exact) mass is 239 g/mol. The number of hydrogen-bond donors (Lipinski definition) is 4. The second-order valence-corrected chi connectivity index (χ2v) is 4.07. The fraction of sp³-hybridized carbons (Fsp3) is 0.500. The lowest BCUT2D eigenvalue weighted by Gasteiger charge is -2.40. The molecule has 0 aliphatic carbocycles. The van der Waals surface area contributed by atoms with Gasteiger partial charge in [0.05, 0.1) is 6.61 Å². The summed E-state index contributed by atoms with van der Waals surface area (Å²) in [5.74, 6) is 0. The highest BCUT2D eigenvalue weighted by molar-refractivity contribution is 5.19. The van der Waals surface area contributed by atoms with E-state index < -0.39 is 37.1 Å². The minimum Gasteiger partial charge on any atom is -0.394 e. The molecule has 1 aromatic rings. The highest BCUT2D eigenvalue weighted by Crippen LogP contribution is 2.31. The van der Waals surface area contributed by atoms with Crippen LogP contribution in [0.15, 0.2) is 24.3 Å². The van der Waals surface area contributed by atoms with E-state index >= 15 is 0 Å². The summed E-state index contributed by atoms with van der Waals surface area (Å²) in [4.78, 5) is 0. The molecule has 0 aromatic heterocycles. The van der Waals surface area contributed by atoms with Crippen molar-refractivity contribution < 1.29 is 25.2 Å². The molecule has 1 fully saturated rings. The molecule has 5 heteroatoms. The van der Waals surface area contributed by atoms with Crippen LogP contribution in [-0.2, 0) is 4.74 Å². The van der Waals surface area contributed by atoms with Crippen molar-refractivity contribution in [1.82, 2.24) is 0 Å². The van der Waals surface area contributed by atoms with Gasteiger partial charge in [0.15, 0.2) is 0 Å². The van der Waals surface area contributed by atoms with Crippen molar-refractivity contribution in [2.24, 2.45) is 0 Å². The summed E-state index contributed by atoms with van der Waals surface area (Å²) in [5.41, 5.74) is 0.574. The lowest BCUT2D eigenvalue weighted by molar-refractivity contribution is -0.231. The maximum absolute atomic E-state index is 9.84. The molecule has 1 radical (unpaired) electrons. The Morgan fingerprint density at radius 1 is 1.12 bits per heavy atom. The first-order valence-corrected chi connectivity index (χ1v) is 5.42. The van der Waals surface area contributed by atoms with Crippen LogP contribution in [0.1, 0.15) is 11.7 Å². The second kappa shape index (κ2) is 5.12. The first-order chi connectivity index (χ1) is 8.15. The van der Waals surface area contributed by atoms with Crippen LogP contribution >= 0.6 is 0 Å². The first kappa shape index (κ1) is 12.5. The van der Waals surface area contributed by atoms with Crippen molar-refractivity contribution in [3.05, 3.63) is 35.9 Å². The van der Waals surface area contributed by atoms with Gasteiger partial charge in [0.25, 0.3) is 0 Å². The third-order valence-electron chi connectivity index (χ3n) is 2.93. The first-order valence-electron chi connectivity index (χ1n) is 5.42. The highest BCUT2D eigenvalue weighted by Gasteiger charge is 2.43. The van der Waals surface area contributed by atoms with Gasteiger partial charge in [-0.05, 0) is 11.6 Å². The van der Waals surface area contributed by atoms with Crippen molar-refractivity contribution in [1.29, 1.82) is 0 Å². The Morgan fingerprint density at radius 2 is 1.88 bits per heavy atom. The highest BCUT2D eigenvalue weighted by atomic mass is 16.5. The summed E-state index contributed by atoms with van der Waals surface area (Å²) >= 11 is 0. The Labute approximate surface area is 98.9 Å². The standard InChI is InChI=1S/C12H15O5/c13-6-8-9(14)10(15)11(16)12(17-8)7-4-2-1-3-5-7/h1-4,8-16H,6H2/t8-,9-,10+,11+,12-/m1/s1. The topological polar surface area (TPSA) is 90.2 Å². The average Bonchev–Trinajstić information content (AvgIpc) is 2.37. The van der Waals surface area contributed by atoms with Gasteiger partial charge in [0.2, 0.25) is 0 Å². The van der Waals surface area contributed by atoms with Gasteiger partial charge >= 0.3 is 0 Å². The van der Waals surface area contributed by atoms with Crippen molar-refractivity contribution in [2.45, 2.75) is 30.5 Å². The maximum Gasteiger partial charge on any atom is 0.113 e. The second-order valence-electron chi connectivity index (χ2n) is 4.07. The van der Waals surface area contributed by atoms with Crippen LogP contribution in [0.25, 0.3) is 0 Å². The quantitative estimate of drug-likeness (QED) is 0.531. The van der Waals surface area contributed by atoms with Crippen LogP contribution in [0.5, 0.6) is 0 Å². The van der Waals surface area contributed by atoms with Crippen LogP contribution < -0.4 is 0 Å². The minimum absolute atomic E-state index is 0.422. The Bertz CT molecular complexity index is 353. The number of benzene rings is 1. The molecule has 1 aliphatic rings. The van der Waals surface area contributed by atoms with Crippen molar-refractivity contribution in [2.75, 3.05) is 6.61 Å². The van der Waals surface area contributed by atoms with Gasteiger partial charge in [-0.1, -0.05) is 24.3 Å². The van der Waals surface area contributed by atoms with Gasteiger partial charge in [-0.25, -0.2) is 0 Å². The average molecular weight is 239 g/mol. The van der Waals surface area contributed by atoms with E-state index in [-0.39, 0.29) is 0 Å². The fourth-order valence-electron chi connectivity index (χ4n) is 1.94. The van der Waals surface area contributed by atoms with Crippen LogP contribution in [-0.4, -0.2) is 51.4 Å². The Morgan fingerprint density at radius 3 is 2.47 bits per heavy atom. The van der Waals surface area contributed by atoms with Gasteiger partial charge < -0.3 is 25.2 Å². The molecule has 0 bridgehead atoms. The van der Waals surface area contributed by atoms with E-state index in [4.69, 9.17) is 9.84 Å². The Hall–Kier alpha value is -0.980. The summed E-state index contributed by atoms with van der Waals surface area (Å²) in [5, 5.41) is 38.1. The van der Waals surface area contributed by atoms with Gasteiger partial charge in [-0.15, -0.1) is 0 Å². The van der Waals surface area contributed by atoms with Crippen LogP contribution in [0.3, 0.4) is 0 Å². The maximum atomic E-state index is 9.84. The molecule has 93 valence electrons.